The van der Waals surface area contributed by atoms with E-state index in [-0.39, 0.29) is 0 Å². The second kappa shape index (κ2) is 5.38. The molecule has 0 radical (unpaired) electrons. The minimum Gasteiger partial charge on any atom is -0.330 e. The third-order valence-corrected chi connectivity index (χ3v) is 4.65. The second-order valence-electron chi connectivity index (χ2n) is 5.30. The van der Waals surface area contributed by atoms with Gasteiger partial charge in [0.1, 0.15) is 0 Å². The molecule has 0 saturated heterocycles. The molecule has 3 N–H and O–H groups in total. The first kappa shape index (κ1) is 15.1. The molecule has 1 rings (SSSR count). The Balaban J connectivity index is 3.11. The molecule has 1 aromatic rings. The Hall–Kier alpha value is -0.910. The number of hydrogen-bond acceptors (Lipinski definition) is 3. The summed E-state index contributed by atoms with van der Waals surface area (Å²) in [5.74, 6) is 0. The van der Waals surface area contributed by atoms with E-state index in [0.29, 0.717) is 17.9 Å². The maximum Gasteiger partial charge on any atom is 0.241 e. The topological polar surface area (TPSA) is 72.2 Å². The zero-order chi connectivity index (χ0) is 14.0. The first-order chi connectivity index (χ1) is 8.18. The Kier molecular flexibility index (Phi) is 4.53. The zero-order valence-corrected chi connectivity index (χ0v) is 12.3. The van der Waals surface area contributed by atoms with Crippen molar-refractivity contribution in [2.45, 2.75) is 44.6 Å². The highest BCUT2D eigenvalue weighted by atomic mass is 32.2. The van der Waals surface area contributed by atoms with Gasteiger partial charge in [0, 0.05) is 5.54 Å². The summed E-state index contributed by atoms with van der Waals surface area (Å²) in [5.41, 5.74) is 6.63. The molecule has 0 heterocycles. The molecule has 5 heteroatoms. The highest BCUT2D eigenvalue weighted by molar-refractivity contribution is 7.89. The number of aryl methyl sites for hydroxylation is 2. The van der Waals surface area contributed by atoms with Crippen molar-refractivity contribution in [2.24, 2.45) is 5.73 Å². The van der Waals surface area contributed by atoms with Crippen LogP contribution >= 0.6 is 0 Å². The van der Waals surface area contributed by atoms with Crippen LogP contribution in [0.1, 0.15) is 31.4 Å². The van der Waals surface area contributed by atoms with Crippen molar-refractivity contribution in [2.75, 3.05) is 6.54 Å². The van der Waals surface area contributed by atoms with E-state index in [1.165, 1.54) is 0 Å². The molecular formula is C13H22N2O2S. The monoisotopic (exact) mass is 270 g/mol. The lowest BCUT2D eigenvalue weighted by Crippen LogP contribution is -2.44. The number of nitrogens with one attached hydrogen (secondary N) is 1. The average Bonchev–Trinajstić information content (AvgIpc) is 2.19. The lowest BCUT2D eigenvalue weighted by Gasteiger charge is -2.25. The number of nitrogens with two attached hydrogens (primary N) is 1. The maximum atomic E-state index is 12.3. The fourth-order valence-electron chi connectivity index (χ4n) is 1.83. The third-order valence-electron chi connectivity index (χ3n) is 2.81. The Morgan fingerprint density at radius 3 is 2.44 bits per heavy atom. The van der Waals surface area contributed by atoms with Gasteiger partial charge in [-0.1, -0.05) is 12.1 Å². The van der Waals surface area contributed by atoms with Gasteiger partial charge in [-0.15, -0.1) is 0 Å². The summed E-state index contributed by atoms with van der Waals surface area (Å²) in [7, 11) is -3.50. The summed E-state index contributed by atoms with van der Waals surface area (Å²) < 4.78 is 27.4. The highest BCUT2D eigenvalue weighted by Crippen LogP contribution is 2.19. The van der Waals surface area contributed by atoms with Gasteiger partial charge in [0.25, 0.3) is 0 Å². The van der Waals surface area contributed by atoms with Gasteiger partial charge in [-0.25, -0.2) is 13.1 Å². The van der Waals surface area contributed by atoms with Crippen LogP contribution in [0.3, 0.4) is 0 Å². The molecule has 0 aliphatic heterocycles. The molecule has 0 amide bonds. The van der Waals surface area contributed by atoms with Crippen molar-refractivity contribution >= 4 is 10.0 Å². The van der Waals surface area contributed by atoms with Crippen LogP contribution in [-0.2, 0) is 10.0 Å². The number of hydrogen-bond donors (Lipinski definition) is 2. The number of benzene rings is 1. The molecular weight excluding hydrogens is 248 g/mol. The molecule has 0 aliphatic carbocycles. The molecule has 0 spiro atoms. The maximum absolute atomic E-state index is 12.3. The molecule has 0 aromatic heterocycles. The minimum absolute atomic E-state index is 0.340. The van der Waals surface area contributed by atoms with Crippen LogP contribution in [0.15, 0.2) is 23.1 Å². The van der Waals surface area contributed by atoms with Gasteiger partial charge in [-0.3, -0.25) is 0 Å². The summed E-state index contributed by atoms with van der Waals surface area (Å²) >= 11 is 0. The summed E-state index contributed by atoms with van der Waals surface area (Å²) in [4.78, 5) is 0.340. The van der Waals surface area contributed by atoms with Gasteiger partial charge in [-0.2, -0.15) is 0 Å². The molecule has 0 atom stereocenters. The van der Waals surface area contributed by atoms with E-state index in [2.05, 4.69) is 4.72 Å². The molecule has 102 valence electrons. The van der Waals surface area contributed by atoms with E-state index in [4.69, 9.17) is 5.73 Å². The van der Waals surface area contributed by atoms with Crippen LogP contribution in [-0.4, -0.2) is 20.5 Å². The quantitative estimate of drug-likeness (QED) is 0.855. The predicted molar refractivity (Wildman–Crippen MR) is 74.0 cm³/mol. The summed E-state index contributed by atoms with van der Waals surface area (Å²) in [6, 6.07) is 5.41. The van der Waals surface area contributed by atoms with Gasteiger partial charge in [0.15, 0.2) is 0 Å². The van der Waals surface area contributed by atoms with Crippen molar-refractivity contribution in [1.82, 2.24) is 4.72 Å². The molecule has 0 saturated carbocycles. The first-order valence-corrected chi connectivity index (χ1v) is 7.47. The van der Waals surface area contributed by atoms with Gasteiger partial charge in [0.2, 0.25) is 10.0 Å². The Labute approximate surface area is 110 Å². The van der Waals surface area contributed by atoms with E-state index in [0.717, 1.165) is 11.1 Å². The fourth-order valence-corrected chi connectivity index (χ4v) is 3.60. The molecule has 0 fully saturated rings. The number of sulfonamides is 1. The van der Waals surface area contributed by atoms with Gasteiger partial charge in [-0.05, 0) is 57.9 Å². The van der Waals surface area contributed by atoms with Crippen molar-refractivity contribution in [3.63, 3.8) is 0 Å². The van der Waals surface area contributed by atoms with Crippen LogP contribution < -0.4 is 10.5 Å². The van der Waals surface area contributed by atoms with Crippen LogP contribution in [0.4, 0.5) is 0 Å². The summed E-state index contributed by atoms with van der Waals surface area (Å²) in [5, 5.41) is 0. The largest absolute Gasteiger partial charge is 0.330 e. The molecule has 0 aliphatic rings. The SMILES string of the molecule is Cc1ccc(C)c(S(=O)(=O)NC(C)(C)CCN)c1. The predicted octanol–water partition coefficient (Wildman–Crippen LogP) is 1.71. The Morgan fingerprint density at radius 2 is 1.89 bits per heavy atom. The zero-order valence-electron chi connectivity index (χ0n) is 11.4. The third kappa shape index (κ3) is 3.80. The Morgan fingerprint density at radius 1 is 1.28 bits per heavy atom. The molecule has 4 nitrogen and oxygen atoms in total. The molecule has 18 heavy (non-hydrogen) atoms. The standard InChI is InChI=1S/C13H22N2O2S/c1-10-5-6-11(2)12(9-10)18(16,17)15-13(3,4)7-8-14/h5-6,9,15H,7-8,14H2,1-4H3. The fraction of sp³-hybridized carbons (Fsp3) is 0.538. The van der Waals surface area contributed by atoms with Gasteiger partial charge >= 0.3 is 0 Å². The van der Waals surface area contributed by atoms with Crippen LogP contribution in [0, 0.1) is 13.8 Å². The second-order valence-corrected chi connectivity index (χ2v) is 6.95. The van der Waals surface area contributed by atoms with Crippen molar-refractivity contribution in [1.29, 1.82) is 0 Å². The van der Waals surface area contributed by atoms with Gasteiger partial charge < -0.3 is 5.73 Å². The van der Waals surface area contributed by atoms with E-state index < -0.39 is 15.6 Å². The summed E-state index contributed by atoms with van der Waals surface area (Å²) in [6.45, 7) is 7.79. The minimum atomic E-state index is -3.50. The number of rotatable bonds is 5. The average molecular weight is 270 g/mol. The molecule has 1 aromatic carbocycles. The van der Waals surface area contributed by atoms with Crippen LogP contribution in [0.2, 0.25) is 0 Å². The lowest BCUT2D eigenvalue weighted by atomic mass is 10.0. The van der Waals surface area contributed by atoms with E-state index in [9.17, 15) is 8.42 Å². The smallest absolute Gasteiger partial charge is 0.241 e. The molecule has 0 bridgehead atoms. The van der Waals surface area contributed by atoms with Crippen molar-refractivity contribution in [3.05, 3.63) is 29.3 Å². The highest BCUT2D eigenvalue weighted by Gasteiger charge is 2.26. The van der Waals surface area contributed by atoms with E-state index in [1.807, 2.05) is 32.9 Å². The summed E-state index contributed by atoms with van der Waals surface area (Å²) in [6.07, 6.45) is 0.594. The van der Waals surface area contributed by atoms with Crippen molar-refractivity contribution < 1.29 is 8.42 Å². The normalized spacial score (nSPS) is 12.7. The van der Waals surface area contributed by atoms with Gasteiger partial charge in [0.05, 0.1) is 4.90 Å². The Bertz CT molecular complexity index is 522. The first-order valence-electron chi connectivity index (χ1n) is 5.99. The molecule has 0 unspecified atom stereocenters. The van der Waals surface area contributed by atoms with E-state index in [1.54, 1.807) is 13.0 Å². The van der Waals surface area contributed by atoms with Crippen LogP contribution in [0.25, 0.3) is 0 Å². The lowest BCUT2D eigenvalue weighted by molar-refractivity contribution is 0.428. The van der Waals surface area contributed by atoms with E-state index >= 15 is 0 Å². The van der Waals surface area contributed by atoms with Crippen LogP contribution in [0.5, 0.6) is 0 Å². The van der Waals surface area contributed by atoms with Crippen molar-refractivity contribution in [3.8, 4) is 0 Å².